The largest absolute Gasteiger partial charge is 0.471 e. The van der Waals surface area contributed by atoms with Crippen LogP contribution in [0.15, 0.2) is 30.5 Å². The van der Waals surface area contributed by atoms with Gasteiger partial charge in [-0.05, 0) is 30.4 Å². The lowest BCUT2D eigenvalue weighted by Gasteiger charge is -2.12. The van der Waals surface area contributed by atoms with E-state index in [2.05, 4.69) is 5.10 Å². The molecule has 0 bridgehead atoms. The summed E-state index contributed by atoms with van der Waals surface area (Å²) in [5, 5.41) is 21.6. The van der Waals surface area contributed by atoms with Crippen LogP contribution in [0.2, 0.25) is 0 Å². The number of nitriles is 1. The maximum Gasteiger partial charge on any atom is 0.292 e. The molecule has 0 radical (unpaired) electrons. The third-order valence-electron chi connectivity index (χ3n) is 3.26. The summed E-state index contributed by atoms with van der Waals surface area (Å²) >= 11 is 0. The first-order chi connectivity index (χ1) is 9.78. The second-order valence-corrected chi connectivity index (χ2v) is 4.65. The Hall–Kier alpha value is -2.68. The molecule has 2 aromatic rings. The van der Waals surface area contributed by atoms with E-state index in [4.69, 9.17) is 19.9 Å². The van der Waals surface area contributed by atoms with Gasteiger partial charge in [0.15, 0.2) is 0 Å². The maximum absolute atomic E-state index is 9.10. The summed E-state index contributed by atoms with van der Waals surface area (Å²) in [6, 6.07) is 7.22. The van der Waals surface area contributed by atoms with Gasteiger partial charge in [0.2, 0.25) is 5.88 Å². The van der Waals surface area contributed by atoms with Gasteiger partial charge in [0.1, 0.15) is 12.4 Å². The van der Waals surface area contributed by atoms with Crippen molar-refractivity contribution in [3.05, 3.63) is 41.6 Å². The molecule has 1 N–H and O–H groups in total. The minimum absolute atomic E-state index is 0.251. The molecule has 0 unspecified atom stereocenters. The fourth-order valence-electron chi connectivity index (χ4n) is 2.18. The second-order valence-electron chi connectivity index (χ2n) is 4.65. The van der Waals surface area contributed by atoms with Crippen LogP contribution >= 0.6 is 0 Å². The van der Waals surface area contributed by atoms with E-state index >= 15 is 0 Å². The van der Waals surface area contributed by atoms with Gasteiger partial charge in [-0.15, -0.1) is 10.1 Å². The number of ether oxygens (including phenoxy) is 2. The Morgan fingerprint density at radius 3 is 2.90 bits per heavy atom. The first kappa shape index (κ1) is 12.4. The summed E-state index contributed by atoms with van der Waals surface area (Å²) in [5.41, 5.74) is 2.02. The SMILES string of the molecule is N#COc1cccc(C2CC2)c1COc1ccn(O)n1. The van der Waals surface area contributed by atoms with E-state index in [1.807, 2.05) is 12.1 Å². The Morgan fingerprint density at radius 1 is 1.40 bits per heavy atom. The van der Waals surface area contributed by atoms with E-state index in [0.717, 1.165) is 24.0 Å². The normalized spacial score (nSPS) is 13.8. The first-order valence-electron chi connectivity index (χ1n) is 6.33. The standard InChI is InChI=1S/C14H13N3O3/c15-9-20-13-3-1-2-11(10-4-5-10)12(13)8-19-14-6-7-17(18)16-14/h1-3,6-7,10,18H,4-5,8H2. The average Bonchev–Trinajstić information content (AvgIpc) is 3.20. The van der Waals surface area contributed by atoms with Crippen molar-refractivity contribution in [3.63, 3.8) is 0 Å². The zero-order chi connectivity index (χ0) is 13.9. The monoisotopic (exact) mass is 271 g/mol. The molecule has 1 aliphatic rings. The first-order valence-corrected chi connectivity index (χ1v) is 6.33. The summed E-state index contributed by atoms with van der Waals surface area (Å²) in [5.74, 6) is 1.35. The van der Waals surface area contributed by atoms with Crippen LogP contribution in [-0.4, -0.2) is 15.2 Å². The summed E-state index contributed by atoms with van der Waals surface area (Å²) in [4.78, 5) is 0.689. The average molecular weight is 271 g/mol. The third kappa shape index (κ3) is 2.52. The van der Waals surface area contributed by atoms with Gasteiger partial charge < -0.3 is 14.7 Å². The number of nitrogens with zero attached hydrogens (tertiary/aromatic N) is 3. The highest BCUT2D eigenvalue weighted by molar-refractivity contribution is 5.44. The van der Waals surface area contributed by atoms with Gasteiger partial charge >= 0.3 is 0 Å². The van der Waals surface area contributed by atoms with Crippen LogP contribution < -0.4 is 9.47 Å². The van der Waals surface area contributed by atoms with Crippen LogP contribution in [0, 0.1) is 11.5 Å². The minimum atomic E-state index is 0.251. The van der Waals surface area contributed by atoms with Crippen molar-refractivity contribution in [1.29, 1.82) is 5.26 Å². The van der Waals surface area contributed by atoms with E-state index in [-0.39, 0.29) is 6.61 Å². The fraction of sp³-hybridized carbons (Fsp3) is 0.286. The Labute approximate surface area is 115 Å². The highest BCUT2D eigenvalue weighted by Gasteiger charge is 2.27. The molecule has 0 aliphatic heterocycles. The van der Waals surface area contributed by atoms with E-state index in [0.29, 0.717) is 22.4 Å². The van der Waals surface area contributed by atoms with Crippen LogP contribution in [0.4, 0.5) is 0 Å². The molecule has 1 aromatic heterocycles. The molecule has 102 valence electrons. The van der Waals surface area contributed by atoms with Crippen molar-refractivity contribution in [3.8, 4) is 17.9 Å². The summed E-state index contributed by atoms with van der Waals surface area (Å²) < 4.78 is 10.5. The molecule has 1 aliphatic carbocycles. The lowest BCUT2D eigenvalue weighted by Crippen LogP contribution is -2.03. The van der Waals surface area contributed by atoms with Gasteiger partial charge in [0.05, 0.1) is 6.20 Å². The van der Waals surface area contributed by atoms with E-state index in [1.54, 1.807) is 18.4 Å². The highest BCUT2D eigenvalue weighted by Crippen LogP contribution is 2.43. The summed E-state index contributed by atoms with van der Waals surface area (Å²) in [7, 11) is 0. The Kier molecular flexibility index (Phi) is 3.17. The van der Waals surface area contributed by atoms with Crippen molar-refractivity contribution in [2.75, 3.05) is 0 Å². The van der Waals surface area contributed by atoms with Crippen LogP contribution in [0.1, 0.15) is 29.9 Å². The molecule has 1 heterocycles. The van der Waals surface area contributed by atoms with Crippen LogP contribution in [0.25, 0.3) is 0 Å². The van der Waals surface area contributed by atoms with Gasteiger partial charge in [-0.25, -0.2) is 0 Å². The molecule has 6 heteroatoms. The Balaban J connectivity index is 1.84. The number of rotatable bonds is 5. The maximum atomic E-state index is 9.10. The second kappa shape index (κ2) is 5.13. The molecular formula is C14H13N3O3. The predicted octanol–water partition coefficient (Wildman–Crippen LogP) is 2.44. The molecule has 0 amide bonds. The molecule has 6 nitrogen and oxygen atoms in total. The van der Waals surface area contributed by atoms with E-state index in [9.17, 15) is 0 Å². The van der Waals surface area contributed by atoms with Gasteiger partial charge in [0.25, 0.3) is 6.26 Å². The zero-order valence-corrected chi connectivity index (χ0v) is 10.7. The number of hydrogen-bond donors (Lipinski definition) is 1. The molecule has 1 aromatic carbocycles. The molecule has 0 saturated heterocycles. The van der Waals surface area contributed by atoms with Crippen LogP contribution in [0.5, 0.6) is 11.6 Å². The van der Waals surface area contributed by atoms with E-state index in [1.165, 1.54) is 6.20 Å². The molecule has 0 spiro atoms. The number of aromatic nitrogens is 2. The van der Waals surface area contributed by atoms with E-state index < -0.39 is 0 Å². The molecule has 1 fully saturated rings. The molecule has 3 rings (SSSR count). The van der Waals surface area contributed by atoms with Gasteiger partial charge in [-0.1, -0.05) is 17.2 Å². The fourth-order valence-corrected chi connectivity index (χ4v) is 2.18. The predicted molar refractivity (Wildman–Crippen MR) is 68.4 cm³/mol. The van der Waals surface area contributed by atoms with Gasteiger partial charge in [-0.3, -0.25) is 0 Å². The Bertz CT molecular complexity index is 656. The quantitative estimate of drug-likeness (QED) is 0.667. The summed E-state index contributed by atoms with van der Waals surface area (Å²) in [6.45, 7) is 0.251. The van der Waals surface area contributed by atoms with Crippen molar-refractivity contribution in [2.45, 2.75) is 25.4 Å². The van der Waals surface area contributed by atoms with Gasteiger partial charge in [0, 0.05) is 11.6 Å². The van der Waals surface area contributed by atoms with Crippen molar-refractivity contribution >= 4 is 0 Å². The lowest BCUT2D eigenvalue weighted by atomic mass is 10.0. The van der Waals surface area contributed by atoms with Crippen molar-refractivity contribution < 1.29 is 14.7 Å². The minimum Gasteiger partial charge on any atom is -0.471 e. The smallest absolute Gasteiger partial charge is 0.292 e. The van der Waals surface area contributed by atoms with Crippen molar-refractivity contribution in [2.24, 2.45) is 0 Å². The summed E-state index contributed by atoms with van der Waals surface area (Å²) in [6.07, 6.45) is 5.38. The molecular weight excluding hydrogens is 258 g/mol. The number of hydrogen-bond acceptors (Lipinski definition) is 5. The lowest BCUT2D eigenvalue weighted by molar-refractivity contribution is 0.141. The van der Waals surface area contributed by atoms with Crippen LogP contribution in [0.3, 0.4) is 0 Å². The highest BCUT2D eigenvalue weighted by atomic mass is 16.5. The topological polar surface area (TPSA) is 80.3 Å². The van der Waals surface area contributed by atoms with Crippen molar-refractivity contribution in [1.82, 2.24) is 9.94 Å². The third-order valence-corrected chi connectivity index (χ3v) is 3.26. The molecule has 20 heavy (non-hydrogen) atoms. The van der Waals surface area contributed by atoms with Crippen LogP contribution in [-0.2, 0) is 6.61 Å². The van der Waals surface area contributed by atoms with Gasteiger partial charge in [-0.2, -0.15) is 0 Å². The molecule has 1 saturated carbocycles. The zero-order valence-electron chi connectivity index (χ0n) is 10.7. The Morgan fingerprint density at radius 2 is 2.25 bits per heavy atom. The molecule has 0 atom stereocenters. The number of benzene rings is 1.